The van der Waals surface area contributed by atoms with E-state index in [2.05, 4.69) is 15.5 Å². The van der Waals surface area contributed by atoms with Gasteiger partial charge in [0, 0.05) is 5.39 Å². The highest BCUT2D eigenvalue weighted by Gasteiger charge is 2.17. The highest BCUT2D eigenvalue weighted by molar-refractivity contribution is 7.13. The third-order valence-electron chi connectivity index (χ3n) is 4.05. The average molecular weight is 379 g/mol. The minimum atomic E-state index is -0.657. The van der Waals surface area contributed by atoms with Gasteiger partial charge >= 0.3 is 0 Å². The van der Waals surface area contributed by atoms with Gasteiger partial charge < -0.3 is 14.6 Å². The van der Waals surface area contributed by atoms with E-state index in [1.165, 1.54) is 11.3 Å². The van der Waals surface area contributed by atoms with Crippen LogP contribution in [-0.4, -0.2) is 22.2 Å². The molecule has 2 heterocycles. The van der Waals surface area contributed by atoms with Crippen LogP contribution < -0.4 is 10.1 Å². The van der Waals surface area contributed by atoms with Gasteiger partial charge in [0.2, 0.25) is 11.7 Å². The Morgan fingerprint density at radius 2 is 2.04 bits per heavy atom. The Morgan fingerprint density at radius 3 is 2.89 bits per heavy atom. The van der Waals surface area contributed by atoms with E-state index in [0.717, 1.165) is 15.6 Å². The molecule has 0 aliphatic carbocycles. The summed E-state index contributed by atoms with van der Waals surface area (Å²) < 4.78 is 11.0. The summed E-state index contributed by atoms with van der Waals surface area (Å²) in [5, 5.41) is 10.7. The predicted octanol–water partition coefficient (Wildman–Crippen LogP) is 4.04. The van der Waals surface area contributed by atoms with Crippen molar-refractivity contribution in [3.63, 3.8) is 0 Å². The SMILES string of the molecule is C[C@H](Oc1cccc2ccccc12)C(=O)NCc1nc(-c2cccs2)no1. The van der Waals surface area contributed by atoms with Crippen molar-refractivity contribution in [3.05, 3.63) is 65.9 Å². The molecule has 0 aliphatic heterocycles. The molecule has 7 heteroatoms. The van der Waals surface area contributed by atoms with E-state index in [9.17, 15) is 4.79 Å². The normalized spacial score (nSPS) is 12.0. The van der Waals surface area contributed by atoms with E-state index in [1.54, 1.807) is 6.92 Å². The molecule has 0 saturated carbocycles. The van der Waals surface area contributed by atoms with Crippen molar-refractivity contribution < 1.29 is 14.1 Å². The van der Waals surface area contributed by atoms with Crippen LogP contribution in [0.25, 0.3) is 21.5 Å². The highest BCUT2D eigenvalue weighted by atomic mass is 32.1. The first-order chi connectivity index (χ1) is 13.2. The van der Waals surface area contributed by atoms with E-state index in [1.807, 2.05) is 60.0 Å². The minimum absolute atomic E-state index is 0.153. The van der Waals surface area contributed by atoms with Gasteiger partial charge in [0.25, 0.3) is 5.91 Å². The monoisotopic (exact) mass is 379 g/mol. The van der Waals surface area contributed by atoms with Crippen molar-refractivity contribution in [3.8, 4) is 16.5 Å². The number of nitrogens with zero attached hydrogens (tertiary/aromatic N) is 2. The third kappa shape index (κ3) is 3.83. The lowest BCUT2D eigenvalue weighted by Crippen LogP contribution is -2.36. The van der Waals surface area contributed by atoms with Gasteiger partial charge in [-0.2, -0.15) is 4.98 Å². The fourth-order valence-electron chi connectivity index (χ4n) is 2.68. The number of hydrogen-bond donors (Lipinski definition) is 1. The van der Waals surface area contributed by atoms with Gasteiger partial charge in [0.1, 0.15) is 5.75 Å². The molecule has 1 amide bonds. The van der Waals surface area contributed by atoms with Crippen LogP contribution in [-0.2, 0) is 11.3 Å². The van der Waals surface area contributed by atoms with Gasteiger partial charge in [-0.25, -0.2) is 0 Å². The number of thiophene rings is 1. The first-order valence-corrected chi connectivity index (χ1v) is 9.37. The molecule has 0 aliphatic rings. The number of ether oxygens (including phenoxy) is 1. The Labute approximate surface area is 159 Å². The largest absolute Gasteiger partial charge is 0.480 e. The van der Waals surface area contributed by atoms with Gasteiger partial charge in [0.05, 0.1) is 11.4 Å². The number of hydrogen-bond acceptors (Lipinski definition) is 6. The summed E-state index contributed by atoms with van der Waals surface area (Å²) in [5.41, 5.74) is 0. The van der Waals surface area contributed by atoms with Crippen LogP contribution in [0.4, 0.5) is 0 Å². The molecular formula is C20H17N3O3S. The molecule has 0 saturated heterocycles. The zero-order chi connectivity index (χ0) is 18.6. The fraction of sp³-hybridized carbons (Fsp3) is 0.150. The number of amides is 1. The summed E-state index contributed by atoms with van der Waals surface area (Å²) in [5.74, 6) is 1.30. The lowest BCUT2D eigenvalue weighted by Gasteiger charge is -2.15. The van der Waals surface area contributed by atoms with Crippen LogP contribution in [0.2, 0.25) is 0 Å². The van der Waals surface area contributed by atoms with Crippen LogP contribution in [0.3, 0.4) is 0 Å². The van der Waals surface area contributed by atoms with Crippen LogP contribution in [0.1, 0.15) is 12.8 Å². The maximum atomic E-state index is 12.4. The molecule has 4 rings (SSSR count). The summed E-state index contributed by atoms with van der Waals surface area (Å²) in [6.45, 7) is 1.86. The first kappa shape index (κ1) is 17.2. The number of fused-ring (bicyclic) bond motifs is 1. The Kier molecular flexibility index (Phi) is 4.84. The summed E-state index contributed by atoms with van der Waals surface area (Å²) >= 11 is 1.53. The molecule has 2 aromatic heterocycles. The Morgan fingerprint density at radius 1 is 1.19 bits per heavy atom. The molecule has 0 radical (unpaired) electrons. The van der Waals surface area contributed by atoms with E-state index in [4.69, 9.17) is 9.26 Å². The van der Waals surface area contributed by atoms with E-state index in [0.29, 0.717) is 17.5 Å². The second-order valence-electron chi connectivity index (χ2n) is 5.94. The molecule has 0 bridgehead atoms. The van der Waals surface area contributed by atoms with Crippen molar-refractivity contribution in [1.82, 2.24) is 15.5 Å². The van der Waals surface area contributed by atoms with Gasteiger partial charge in [-0.3, -0.25) is 4.79 Å². The van der Waals surface area contributed by atoms with Crippen molar-refractivity contribution in [2.24, 2.45) is 0 Å². The third-order valence-corrected chi connectivity index (χ3v) is 4.91. The quantitative estimate of drug-likeness (QED) is 0.547. The van der Waals surface area contributed by atoms with Crippen molar-refractivity contribution in [2.45, 2.75) is 19.6 Å². The number of nitrogens with one attached hydrogen (secondary N) is 1. The summed E-state index contributed by atoms with van der Waals surface area (Å²) in [6.07, 6.45) is -0.657. The Hall–Kier alpha value is -3.19. The predicted molar refractivity (Wildman–Crippen MR) is 103 cm³/mol. The fourth-order valence-corrected chi connectivity index (χ4v) is 3.33. The Balaban J connectivity index is 1.38. The lowest BCUT2D eigenvalue weighted by atomic mass is 10.1. The van der Waals surface area contributed by atoms with Crippen LogP contribution in [0.15, 0.2) is 64.5 Å². The van der Waals surface area contributed by atoms with Crippen molar-refractivity contribution in [2.75, 3.05) is 0 Å². The molecule has 0 spiro atoms. The van der Waals surface area contributed by atoms with Crippen molar-refractivity contribution in [1.29, 1.82) is 0 Å². The minimum Gasteiger partial charge on any atom is -0.480 e. The van der Waals surface area contributed by atoms with Crippen molar-refractivity contribution >= 4 is 28.0 Å². The second-order valence-corrected chi connectivity index (χ2v) is 6.89. The second kappa shape index (κ2) is 7.59. The number of carbonyl (C=O) groups excluding carboxylic acids is 1. The molecular weight excluding hydrogens is 362 g/mol. The molecule has 27 heavy (non-hydrogen) atoms. The van der Waals surface area contributed by atoms with Gasteiger partial charge in [-0.15, -0.1) is 11.3 Å². The lowest BCUT2D eigenvalue weighted by molar-refractivity contribution is -0.127. The van der Waals surface area contributed by atoms with Crippen LogP contribution in [0, 0.1) is 0 Å². The highest BCUT2D eigenvalue weighted by Crippen LogP contribution is 2.26. The van der Waals surface area contributed by atoms with E-state index >= 15 is 0 Å². The number of rotatable bonds is 6. The number of benzene rings is 2. The molecule has 4 aromatic rings. The van der Waals surface area contributed by atoms with Crippen LogP contribution in [0.5, 0.6) is 5.75 Å². The molecule has 6 nitrogen and oxygen atoms in total. The van der Waals surface area contributed by atoms with E-state index < -0.39 is 6.10 Å². The standard InChI is InChI=1S/C20H17N3O3S/c1-13(25-16-9-4-7-14-6-2-3-8-15(14)16)20(24)21-12-18-22-19(23-26-18)17-10-5-11-27-17/h2-11,13H,12H2,1H3,(H,21,24)/t13-/m0/s1. The number of carbonyl (C=O) groups is 1. The first-order valence-electron chi connectivity index (χ1n) is 8.49. The van der Waals surface area contributed by atoms with Gasteiger partial charge in [-0.1, -0.05) is 47.6 Å². The summed E-state index contributed by atoms with van der Waals surface area (Å²) in [7, 11) is 0. The smallest absolute Gasteiger partial charge is 0.261 e. The summed E-state index contributed by atoms with van der Waals surface area (Å²) in [4.78, 5) is 17.6. The zero-order valence-electron chi connectivity index (χ0n) is 14.6. The summed E-state index contributed by atoms with van der Waals surface area (Å²) in [6, 6.07) is 17.5. The molecule has 2 aromatic carbocycles. The van der Waals surface area contributed by atoms with Crippen LogP contribution >= 0.6 is 11.3 Å². The molecule has 1 atom stereocenters. The maximum Gasteiger partial charge on any atom is 0.261 e. The molecule has 0 unspecified atom stereocenters. The average Bonchev–Trinajstić information content (AvgIpc) is 3.38. The van der Waals surface area contributed by atoms with Gasteiger partial charge in [-0.05, 0) is 29.8 Å². The molecule has 0 fully saturated rings. The maximum absolute atomic E-state index is 12.4. The zero-order valence-corrected chi connectivity index (χ0v) is 15.4. The Bertz CT molecular complexity index is 1050. The molecule has 136 valence electrons. The molecule has 1 N–H and O–H groups in total. The topological polar surface area (TPSA) is 77.2 Å². The van der Waals surface area contributed by atoms with E-state index in [-0.39, 0.29) is 12.5 Å². The van der Waals surface area contributed by atoms with Gasteiger partial charge in [0.15, 0.2) is 6.10 Å². The number of aromatic nitrogens is 2.